The quantitative estimate of drug-likeness (QED) is 0.749. The monoisotopic (exact) mass is 218 g/mol. The second-order valence-electron chi connectivity index (χ2n) is 4.18. The van der Waals surface area contributed by atoms with Crippen LogP contribution < -0.4 is 10.6 Å². The molecule has 0 heterocycles. The summed E-state index contributed by atoms with van der Waals surface area (Å²) in [5.74, 6) is 0.970. The summed E-state index contributed by atoms with van der Waals surface area (Å²) in [6, 6.07) is -0.452. The molecule has 0 bridgehead atoms. The van der Waals surface area contributed by atoms with Crippen LogP contribution in [0.1, 0.15) is 20.8 Å². The number of hydrogen-bond acceptors (Lipinski definition) is 3. The van der Waals surface area contributed by atoms with E-state index in [1.54, 1.807) is 0 Å². The maximum atomic E-state index is 11.1. The Kier molecular flexibility index (Phi) is 5.60. The summed E-state index contributed by atoms with van der Waals surface area (Å²) in [4.78, 5) is 21.8. The van der Waals surface area contributed by atoms with Gasteiger partial charge in [0, 0.05) is 7.05 Å². The van der Waals surface area contributed by atoms with Crippen LogP contribution >= 0.6 is 11.8 Å². The first-order chi connectivity index (χ1) is 6.35. The number of amides is 3. The Morgan fingerprint density at radius 1 is 1.29 bits per heavy atom. The number of nitrogens with one attached hydrogen (secondary N) is 2. The van der Waals surface area contributed by atoms with Crippen LogP contribution in [0.5, 0.6) is 0 Å². The highest BCUT2D eigenvalue weighted by molar-refractivity contribution is 7.99. The highest BCUT2D eigenvalue weighted by atomic mass is 32.2. The minimum absolute atomic E-state index is 0.206. The predicted molar refractivity (Wildman–Crippen MR) is 59.4 cm³/mol. The third-order valence-electron chi connectivity index (χ3n) is 1.25. The molecule has 0 unspecified atom stereocenters. The van der Waals surface area contributed by atoms with Crippen molar-refractivity contribution in [2.75, 3.05) is 18.6 Å². The molecule has 0 aromatic heterocycles. The average Bonchev–Trinajstić information content (AvgIpc) is 2.01. The van der Waals surface area contributed by atoms with Crippen molar-refractivity contribution in [3.05, 3.63) is 0 Å². The topological polar surface area (TPSA) is 58.2 Å². The highest BCUT2D eigenvalue weighted by Gasteiger charge is 2.12. The van der Waals surface area contributed by atoms with Gasteiger partial charge >= 0.3 is 6.03 Å². The van der Waals surface area contributed by atoms with E-state index < -0.39 is 6.03 Å². The van der Waals surface area contributed by atoms with Crippen molar-refractivity contribution in [1.82, 2.24) is 10.6 Å². The molecule has 0 radical (unpaired) electrons. The van der Waals surface area contributed by atoms with Crippen LogP contribution in [-0.2, 0) is 4.79 Å². The van der Waals surface area contributed by atoms with Crippen molar-refractivity contribution < 1.29 is 9.59 Å². The minimum Gasteiger partial charge on any atom is -0.341 e. The number of carbonyl (C=O) groups is 2. The summed E-state index contributed by atoms with van der Waals surface area (Å²) >= 11 is 1.53. The summed E-state index contributed by atoms with van der Waals surface area (Å²) < 4.78 is 0. The van der Waals surface area contributed by atoms with Crippen molar-refractivity contribution in [3.63, 3.8) is 0 Å². The lowest BCUT2D eigenvalue weighted by Gasteiger charge is -2.16. The fourth-order valence-corrected chi connectivity index (χ4v) is 1.65. The van der Waals surface area contributed by atoms with Gasteiger partial charge in [-0.15, -0.1) is 0 Å². The molecule has 0 aliphatic heterocycles. The van der Waals surface area contributed by atoms with E-state index in [-0.39, 0.29) is 11.3 Å². The summed E-state index contributed by atoms with van der Waals surface area (Å²) in [7, 11) is 1.48. The SMILES string of the molecule is CNC(=O)NC(=O)CSCC(C)(C)C. The molecule has 0 aromatic carbocycles. The Labute approximate surface area is 89.2 Å². The number of thioether (sulfide) groups is 1. The molecule has 0 aromatic rings. The van der Waals surface area contributed by atoms with Crippen LogP contribution in [0.25, 0.3) is 0 Å². The van der Waals surface area contributed by atoms with E-state index in [0.717, 1.165) is 5.75 Å². The summed E-state index contributed by atoms with van der Waals surface area (Å²) in [5, 5.41) is 4.53. The first-order valence-electron chi connectivity index (χ1n) is 4.44. The van der Waals surface area contributed by atoms with Crippen molar-refractivity contribution >= 4 is 23.7 Å². The molecule has 82 valence electrons. The number of urea groups is 1. The van der Waals surface area contributed by atoms with Crippen molar-refractivity contribution in [1.29, 1.82) is 0 Å². The van der Waals surface area contributed by atoms with Gasteiger partial charge in [-0.1, -0.05) is 20.8 Å². The summed E-state index contributed by atoms with van der Waals surface area (Å²) in [5.41, 5.74) is 0.206. The van der Waals surface area contributed by atoms with Gasteiger partial charge in [-0.2, -0.15) is 11.8 Å². The fraction of sp³-hybridized carbons (Fsp3) is 0.778. The lowest BCUT2D eigenvalue weighted by Crippen LogP contribution is -2.38. The van der Waals surface area contributed by atoms with E-state index in [1.165, 1.54) is 18.8 Å². The molecule has 0 atom stereocenters. The zero-order chi connectivity index (χ0) is 11.2. The van der Waals surface area contributed by atoms with E-state index >= 15 is 0 Å². The Balaban J connectivity index is 3.60. The van der Waals surface area contributed by atoms with Crippen LogP contribution in [0.3, 0.4) is 0 Å². The van der Waals surface area contributed by atoms with Gasteiger partial charge in [0.25, 0.3) is 0 Å². The molecule has 0 saturated heterocycles. The normalized spacial score (nSPS) is 10.9. The molecule has 2 N–H and O–H groups in total. The summed E-state index contributed by atoms with van der Waals surface area (Å²) in [6.45, 7) is 6.32. The smallest absolute Gasteiger partial charge is 0.321 e. The van der Waals surface area contributed by atoms with Gasteiger partial charge in [0.2, 0.25) is 5.91 Å². The van der Waals surface area contributed by atoms with E-state index in [0.29, 0.717) is 5.75 Å². The molecule has 0 spiro atoms. The highest BCUT2D eigenvalue weighted by Crippen LogP contribution is 2.19. The second kappa shape index (κ2) is 5.90. The van der Waals surface area contributed by atoms with Crippen LogP contribution in [0.15, 0.2) is 0 Å². The molecule has 0 fully saturated rings. The first kappa shape index (κ1) is 13.3. The lowest BCUT2D eigenvalue weighted by molar-refractivity contribution is -0.117. The molecular weight excluding hydrogens is 200 g/mol. The Hall–Kier alpha value is -0.710. The standard InChI is InChI=1S/C9H18N2O2S/c1-9(2,3)6-14-5-7(12)11-8(13)10-4/h5-6H2,1-4H3,(H2,10,11,12,13). The van der Waals surface area contributed by atoms with E-state index in [9.17, 15) is 9.59 Å². The average molecular weight is 218 g/mol. The van der Waals surface area contributed by atoms with Gasteiger partial charge in [0.05, 0.1) is 5.75 Å². The Morgan fingerprint density at radius 2 is 1.86 bits per heavy atom. The van der Waals surface area contributed by atoms with Crippen molar-refractivity contribution in [2.45, 2.75) is 20.8 Å². The second-order valence-corrected chi connectivity index (χ2v) is 5.17. The van der Waals surface area contributed by atoms with E-state index in [4.69, 9.17) is 0 Å². The van der Waals surface area contributed by atoms with Gasteiger partial charge in [-0.25, -0.2) is 4.79 Å². The zero-order valence-electron chi connectivity index (χ0n) is 9.14. The molecule has 0 aliphatic carbocycles. The molecular formula is C9H18N2O2S. The van der Waals surface area contributed by atoms with Crippen LogP contribution in [0, 0.1) is 5.41 Å². The number of hydrogen-bond donors (Lipinski definition) is 2. The van der Waals surface area contributed by atoms with Gasteiger partial charge in [0.1, 0.15) is 0 Å². The molecule has 0 rings (SSSR count). The van der Waals surface area contributed by atoms with Gasteiger partial charge < -0.3 is 5.32 Å². The minimum atomic E-state index is -0.452. The largest absolute Gasteiger partial charge is 0.341 e. The van der Waals surface area contributed by atoms with Crippen molar-refractivity contribution in [3.8, 4) is 0 Å². The maximum Gasteiger partial charge on any atom is 0.321 e. The molecule has 3 amide bonds. The van der Waals surface area contributed by atoms with Gasteiger partial charge in [0.15, 0.2) is 0 Å². The molecule has 14 heavy (non-hydrogen) atoms. The molecule has 5 heteroatoms. The van der Waals surface area contributed by atoms with Crippen LogP contribution in [-0.4, -0.2) is 30.5 Å². The van der Waals surface area contributed by atoms with Gasteiger partial charge in [-0.05, 0) is 11.2 Å². The Bertz CT molecular complexity index is 211. The molecule has 0 aliphatic rings. The van der Waals surface area contributed by atoms with Crippen LogP contribution in [0.2, 0.25) is 0 Å². The van der Waals surface area contributed by atoms with E-state index in [1.807, 2.05) is 0 Å². The fourth-order valence-electron chi connectivity index (χ4n) is 0.675. The molecule has 4 nitrogen and oxygen atoms in total. The summed E-state index contributed by atoms with van der Waals surface area (Å²) in [6.07, 6.45) is 0. The third kappa shape index (κ3) is 7.91. The maximum absolute atomic E-state index is 11.1. The molecule has 0 saturated carbocycles. The first-order valence-corrected chi connectivity index (χ1v) is 5.60. The van der Waals surface area contributed by atoms with Gasteiger partial charge in [-0.3, -0.25) is 10.1 Å². The Morgan fingerprint density at radius 3 is 2.29 bits per heavy atom. The lowest BCUT2D eigenvalue weighted by atomic mass is 10.0. The van der Waals surface area contributed by atoms with Crippen LogP contribution in [0.4, 0.5) is 4.79 Å². The third-order valence-corrected chi connectivity index (χ3v) is 2.78. The number of rotatable bonds is 3. The zero-order valence-corrected chi connectivity index (χ0v) is 9.96. The van der Waals surface area contributed by atoms with E-state index in [2.05, 4.69) is 31.4 Å². The number of imide groups is 1. The predicted octanol–water partition coefficient (Wildman–Crippen LogP) is 1.22. The number of carbonyl (C=O) groups excluding carboxylic acids is 2. The van der Waals surface area contributed by atoms with Crippen molar-refractivity contribution in [2.24, 2.45) is 5.41 Å².